The summed E-state index contributed by atoms with van der Waals surface area (Å²) in [5.74, 6) is 1.07. The minimum Gasteiger partial charge on any atom is -0.268 e. The monoisotopic (exact) mass is 526 g/mol. The van der Waals surface area contributed by atoms with E-state index in [0.717, 1.165) is 57.9 Å². The summed E-state index contributed by atoms with van der Waals surface area (Å²) in [6, 6.07) is 13.5. The molecule has 0 spiro atoms. The maximum absolute atomic E-state index is 13.9. The minimum atomic E-state index is -0.0242. The van der Waals surface area contributed by atoms with E-state index < -0.39 is 0 Å². The molecule has 0 radical (unpaired) electrons. The number of thioether (sulfide) groups is 1. The van der Waals surface area contributed by atoms with Gasteiger partial charge in [0.2, 0.25) is 5.78 Å². The summed E-state index contributed by atoms with van der Waals surface area (Å²) in [6.07, 6.45) is 4.21. The van der Waals surface area contributed by atoms with Gasteiger partial charge in [0.05, 0.1) is 11.1 Å². The second-order valence-electron chi connectivity index (χ2n) is 8.47. The van der Waals surface area contributed by atoms with Crippen molar-refractivity contribution in [3.05, 3.63) is 84.4 Å². The van der Waals surface area contributed by atoms with Crippen molar-refractivity contribution in [3.63, 3.8) is 0 Å². The Morgan fingerprint density at radius 2 is 1.76 bits per heavy atom. The Kier molecular flexibility index (Phi) is 5.68. The van der Waals surface area contributed by atoms with Gasteiger partial charge in [-0.25, -0.2) is 8.97 Å². The quantitative estimate of drug-likeness (QED) is 0.239. The highest BCUT2D eigenvalue weighted by Crippen LogP contribution is 2.38. The molecular formula is C25H20Cl2N4OS2. The normalized spacial score (nSPS) is 13.6. The topological polar surface area (TPSA) is 52.2 Å². The summed E-state index contributed by atoms with van der Waals surface area (Å²) in [5.41, 5.74) is 3.95. The summed E-state index contributed by atoms with van der Waals surface area (Å²) in [4.78, 5) is 16.1. The number of aromatic nitrogens is 4. The molecule has 3 aromatic heterocycles. The molecule has 0 fully saturated rings. The van der Waals surface area contributed by atoms with Crippen molar-refractivity contribution >= 4 is 62.3 Å². The first-order valence-corrected chi connectivity index (χ1v) is 13.7. The van der Waals surface area contributed by atoms with E-state index in [1.54, 1.807) is 15.9 Å². The fraction of sp³-hybridized carbons (Fsp3) is 0.240. The molecule has 9 heteroatoms. The molecule has 172 valence electrons. The van der Waals surface area contributed by atoms with Gasteiger partial charge >= 0.3 is 0 Å². The second kappa shape index (κ2) is 8.72. The number of rotatable bonds is 4. The van der Waals surface area contributed by atoms with E-state index in [2.05, 4.69) is 10.2 Å². The van der Waals surface area contributed by atoms with Gasteiger partial charge < -0.3 is 0 Å². The van der Waals surface area contributed by atoms with E-state index in [4.69, 9.17) is 23.2 Å². The number of nitrogens with zero attached hydrogens (tertiary/aromatic N) is 4. The van der Waals surface area contributed by atoms with Crippen LogP contribution in [-0.2, 0) is 18.6 Å². The fourth-order valence-electron chi connectivity index (χ4n) is 4.54. The summed E-state index contributed by atoms with van der Waals surface area (Å²) < 4.78 is 3.73. The van der Waals surface area contributed by atoms with Crippen LogP contribution in [0.1, 0.15) is 34.4 Å². The van der Waals surface area contributed by atoms with Crippen LogP contribution < -0.4 is 5.56 Å². The van der Waals surface area contributed by atoms with Gasteiger partial charge in [0, 0.05) is 20.7 Å². The van der Waals surface area contributed by atoms with Crippen molar-refractivity contribution in [2.24, 2.45) is 0 Å². The van der Waals surface area contributed by atoms with E-state index >= 15 is 0 Å². The fourth-order valence-corrected chi connectivity index (χ4v) is 7.66. The Hall–Kier alpha value is -2.32. The van der Waals surface area contributed by atoms with Crippen LogP contribution in [-0.4, -0.2) is 19.2 Å². The first-order chi connectivity index (χ1) is 16.5. The van der Waals surface area contributed by atoms with E-state index in [0.29, 0.717) is 21.6 Å². The average Bonchev–Trinajstić information content (AvgIpc) is 3.42. The molecular weight excluding hydrogens is 507 g/mol. The second-order valence-corrected chi connectivity index (χ2v) is 11.3. The van der Waals surface area contributed by atoms with Crippen LogP contribution in [0.25, 0.3) is 21.7 Å². The molecule has 0 aliphatic heterocycles. The van der Waals surface area contributed by atoms with Gasteiger partial charge in [-0.2, -0.15) is 0 Å². The minimum absolute atomic E-state index is 0.0242. The Morgan fingerprint density at radius 3 is 2.53 bits per heavy atom. The van der Waals surface area contributed by atoms with Crippen molar-refractivity contribution in [3.8, 4) is 5.69 Å². The van der Waals surface area contributed by atoms with Crippen molar-refractivity contribution in [1.29, 1.82) is 0 Å². The van der Waals surface area contributed by atoms with Gasteiger partial charge in [-0.1, -0.05) is 58.7 Å². The lowest BCUT2D eigenvalue weighted by atomic mass is 9.97. The molecule has 1 aliphatic carbocycles. The Balaban J connectivity index is 1.59. The third-order valence-corrected chi connectivity index (χ3v) is 9.23. The zero-order valence-corrected chi connectivity index (χ0v) is 21.5. The standard InChI is InChI=1S/C25H20Cl2N4OS2/c1-14-9-11-15(12-10-14)30-22(32)21-16-5-2-3-8-20(16)34-23(21)31-24(30)28-29-25(31)33-13-17-18(26)6-4-7-19(17)27/h4,6-7,9-12H,2-3,5,8,13H2,1H3. The SMILES string of the molecule is Cc1ccc(-n2c(=O)c3c4c(sc3n3c(SCc5c(Cl)cccc5Cl)nnc23)CCCC4)cc1. The predicted molar refractivity (Wildman–Crippen MR) is 141 cm³/mol. The highest BCUT2D eigenvalue weighted by molar-refractivity contribution is 7.98. The molecule has 0 saturated carbocycles. The Labute approximate surface area is 214 Å². The number of halogens is 2. The molecule has 5 nitrogen and oxygen atoms in total. The van der Waals surface area contributed by atoms with E-state index in [9.17, 15) is 4.79 Å². The number of aryl methyl sites for hydroxylation is 3. The molecule has 1 aliphatic rings. The lowest BCUT2D eigenvalue weighted by molar-refractivity contribution is 0.699. The van der Waals surface area contributed by atoms with Crippen LogP contribution in [0.4, 0.5) is 0 Å². The van der Waals surface area contributed by atoms with Gasteiger partial charge in [0.15, 0.2) is 5.16 Å². The largest absolute Gasteiger partial charge is 0.268 e. The third-order valence-electron chi connectivity index (χ3n) is 6.29. The highest BCUT2D eigenvalue weighted by atomic mass is 35.5. The Bertz CT molecular complexity index is 1600. The first-order valence-electron chi connectivity index (χ1n) is 11.1. The smallest absolute Gasteiger partial charge is 0.268 e. The van der Waals surface area contributed by atoms with E-state index in [1.807, 2.05) is 53.8 Å². The number of hydrogen-bond acceptors (Lipinski definition) is 5. The van der Waals surface area contributed by atoms with E-state index in [1.165, 1.54) is 22.2 Å². The number of hydrogen-bond donors (Lipinski definition) is 0. The van der Waals surface area contributed by atoms with Crippen molar-refractivity contribution in [2.45, 2.75) is 43.5 Å². The zero-order chi connectivity index (χ0) is 23.4. The van der Waals surface area contributed by atoms with Crippen LogP contribution in [0.5, 0.6) is 0 Å². The first kappa shape index (κ1) is 22.2. The van der Waals surface area contributed by atoms with Crippen LogP contribution in [0, 0.1) is 6.92 Å². The van der Waals surface area contributed by atoms with Crippen LogP contribution in [0.15, 0.2) is 52.4 Å². The summed E-state index contributed by atoms with van der Waals surface area (Å²) >= 11 is 16.0. The number of fused-ring (bicyclic) bond motifs is 5. The van der Waals surface area contributed by atoms with Crippen molar-refractivity contribution in [1.82, 2.24) is 19.2 Å². The van der Waals surface area contributed by atoms with Gasteiger partial charge in [-0.15, -0.1) is 21.5 Å². The lowest BCUT2D eigenvalue weighted by Gasteiger charge is -2.12. The van der Waals surface area contributed by atoms with Gasteiger partial charge in [-0.3, -0.25) is 4.79 Å². The molecule has 0 saturated heterocycles. The zero-order valence-electron chi connectivity index (χ0n) is 18.3. The maximum atomic E-state index is 13.9. The van der Waals surface area contributed by atoms with Crippen molar-refractivity contribution in [2.75, 3.05) is 0 Å². The van der Waals surface area contributed by atoms with Gasteiger partial charge in [0.1, 0.15) is 4.83 Å². The molecule has 0 N–H and O–H groups in total. The summed E-state index contributed by atoms with van der Waals surface area (Å²) in [5, 5.41) is 11.8. The van der Waals surface area contributed by atoms with Crippen LogP contribution in [0.3, 0.4) is 0 Å². The maximum Gasteiger partial charge on any atom is 0.268 e. The van der Waals surface area contributed by atoms with E-state index in [-0.39, 0.29) is 5.56 Å². The van der Waals surface area contributed by atoms with Crippen LogP contribution in [0.2, 0.25) is 10.0 Å². The van der Waals surface area contributed by atoms with Crippen molar-refractivity contribution < 1.29 is 0 Å². The molecule has 34 heavy (non-hydrogen) atoms. The highest BCUT2D eigenvalue weighted by Gasteiger charge is 2.25. The predicted octanol–water partition coefficient (Wildman–Crippen LogP) is 6.88. The molecule has 6 rings (SSSR count). The number of benzene rings is 2. The number of thiophene rings is 1. The molecule has 5 aromatic rings. The van der Waals surface area contributed by atoms with Gasteiger partial charge in [0.25, 0.3) is 5.56 Å². The van der Waals surface area contributed by atoms with Gasteiger partial charge in [-0.05, 0) is 68.0 Å². The molecule has 0 amide bonds. The Morgan fingerprint density at radius 1 is 1.03 bits per heavy atom. The molecule has 0 bridgehead atoms. The molecule has 0 unspecified atom stereocenters. The molecule has 3 heterocycles. The summed E-state index contributed by atoms with van der Waals surface area (Å²) in [7, 11) is 0. The lowest BCUT2D eigenvalue weighted by Crippen LogP contribution is -2.22. The third kappa shape index (κ3) is 3.57. The average molecular weight is 528 g/mol. The molecule has 2 aromatic carbocycles. The summed E-state index contributed by atoms with van der Waals surface area (Å²) in [6.45, 7) is 2.03. The van der Waals surface area contributed by atoms with Crippen LogP contribution >= 0.6 is 46.3 Å². The molecule has 0 atom stereocenters.